The average molecular weight is 394 g/mol. The molecule has 0 saturated carbocycles. The Balaban J connectivity index is 1.76. The topological polar surface area (TPSA) is 116 Å². The van der Waals surface area contributed by atoms with E-state index in [0.717, 1.165) is 5.56 Å². The SMILES string of the molecule is N#Cc1c(=O)c2nc(NCc3ccccc3)ncc2n2c(=O)c3ccccc3[nH]c12. The molecule has 0 radical (unpaired) electrons. The number of benzene rings is 2. The lowest BCUT2D eigenvalue weighted by atomic mass is 10.2. The van der Waals surface area contributed by atoms with Gasteiger partial charge in [-0.05, 0) is 17.7 Å². The van der Waals surface area contributed by atoms with Gasteiger partial charge in [0.25, 0.3) is 5.56 Å². The molecule has 0 aliphatic carbocycles. The van der Waals surface area contributed by atoms with Crippen molar-refractivity contribution in [3.8, 4) is 6.07 Å². The zero-order valence-corrected chi connectivity index (χ0v) is 15.6. The van der Waals surface area contributed by atoms with Gasteiger partial charge in [0.1, 0.15) is 22.8 Å². The van der Waals surface area contributed by atoms with Gasteiger partial charge in [-0.25, -0.2) is 9.97 Å². The van der Waals surface area contributed by atoms with Crippen LogP contribution in [0, 0.1) is 11.3 Å². The molecule has 0 atom stereocenters. The molecular weight excluding hydrogens is 380 g/mol. The molecule has 30 heavy (non-hydrogen) atoms. The first-order valence-electron chi connectivity index (χ1n) is 9.22. The minimum atomic E-state index is -0.552. The summed E-state index contributed by atoms with van der Waals surface area (Å²) in [6, 6.07) is 18.5. The molecule has 8 nitrogen and oxygen atoms in total. The maximum absolute atomic E-state index is 13.1. The third-order valence-corrected chi connectivity index (χ3v) is 4.93. The second kappa shape index (κ2) is 6.83. The van der Waals surface area contributed by atoms with E-state index in [-0.39, 0.29) is 33.8 Å². The van der Waals surface area contributed by atoms with Crippen LogP contribution in [-0.4, -0.2) is 19.4 Å². The van der Waals surface area contributed by atoms with Gasteiger partial charge < -0.3 is 10.3 Å². The summed E-state index contributed by atoms with van der Waals surface area (Å²) in [5.74, 6) is 0.240. The summed E-state index contributed by atoms with van der Waals surface area (Å²) in [5.41, 5.74) is 0.877. The first kappa shape index (κ1) is 17.6. The number of rotatable bonds is 3. The van der Waals surface area contributed by atoms with E-state index in [0.29, 0.717) is 17.4 Å². The molecule has 0 aliphatic rings. The van der Waals surface area contributed by atoms with E-state index in [4.69, 9.17) is 0 Å². The van der Waals surface area contributed by atoms with Gasteiger partial charge in [0.05, 0.1) is 22.6 Å². The first-order chi connectivity index (χ1) is 14.7. The number of nitrogens with zero attached hydrogens (tertiary/aromatic N) is 4. The highest BCUT2D eigenvalue weighted by atomic mass is 16.1. The highest BCUT2D eigenvalue weighted by Gasteiger charge is 2.18. The number of pyridine rings is 1. The zero-order chi connectivity index (χ0) is 20.7. The van der Waals surface area contributed by atoms with Crippen molar-refractivity contribution < 1.29 is 0 Å². The van der Waals surface area contributed by atoms with Crippen LogP contribution >= 0.6 is 0 Å². The number of aromatic nitrogens is 4. The molecule has 0 fully saturated rings. The first-order valence-corrected chi connectivity index (χ1v) is 9.22. The minimum Gasteiger partial charge on any atom is -0.350 e. The Morgan fingerprint density at radius 3 is 2.63 bits per heavy atom. The molecule has 0 spiro atoms. The van der Waals surface area contributed by atoms with Gasteiger partial charge in [0.15, 0.2) is 0 Å². The Labute approximate surface area is 169 Å². The maximum Gasteiger partial charge on any atom is 0.266 e. The van der Waals surface area contributed by atoms with Gasteiger partial charge in [-0.1, -0.05) is 42.5 Å². The van der Waals surface area contributed by atoms with E-state index in [1.165, 1.54) is 10.6 Å². The summed E-state index contributed by atoms with van der Waals surface area (Å²) in [4.78, 5) is 37.7. The van der Waals surface area contributed by atoms with Crippen LogP contribution < -0.4 is 16.3 Å². The largest absolute Gasteiger partial charge is 0.350 e. The highest BCUT2D eigenvalue weighted by molar-refractivity contribution is 5.86. The summed E-state index contributed by atoms with van der Waals surface area (Å²) in [6.07, 6.45) is 1.43. The van der Waals surface area contributed by atoms with Crippen LogP contribution in [0.4, 0.5) is 5.95 Å². The van der Waals surface area contributed by atoms with Crippen molar-refractivity contribution in [1.82, 2.24) is 19.4 Å². The molecule has 5 aromatic rings. The van der Waals surface area contributed by atoms with Crippen molar-refractivity contribution in [1.29, 1.82) is 5.26 Å². The fraction of sp³-hybridized carbons (Fsp3) is 0.0455. The minimum absolute atomic E-state index is 0.00962. The van der Waals surface area contributed by atoms with Crippen LogP contribution in [0.25, 0.3) is 27.6 Å². The van der Waals surface area contributed by atoms with Crippen molar-refractivity contribution in [2.75, 3.05) is 5.32 Å². The van der Waals surface area contributed by atoms with E-state index in [2.05, 4.69) is 20.3 Å². The standard InChI is InChI=1S/C22H14N6O2/c23-10-15-19(29)18-17(12-25-22(27-18)24-11-13-6-2-1-3-7-13)28-20(15)26-16-9-5-4-8-14(16)21(28)30/h1-9,12,26H,11H2,(H,24,25,27). The second-order valence-corrected chi connectivity index (χ2v) is 6.74. The van der Waals surface area contributed by atoms with Gasteiger partial charge >= 0.3 is 0 Å². The Morgan fingerprint density at radius 1 is 1.07 bits per heavy atom. The van der Waals surface area contributed by atoms with Crippen molar-refractivity contribution in [2.24, 2.45) is 0 Å². The normalized spacial score (nSPS) is 11.0. The lowest BCUT2D eigenvalue weighted by Crippen LogP contribution is -2.23. The summed E-state index contributed by atoms with van der Waals surface area (Å²) < 4.78 is 1.29. The predicted molar refractivity (Wildman–Crippen MR) is 113 cm³/mol. The fourth-order valence-corrected chi connectivity index (χ4v) is 3.49. The number of fused-ring (bicyclic) bond motifs is 4. The number of hydrogen-bond acceptors (Lipinski definition) is 6. The molecule has 8 heteroatoms. The lowest BCUT2D eigenvalue weighted by Gasteiger charge is -2.10. The molecule has 0 aliphatic heterocycles. The third-order valence-electron chi connectivity index (χ3n) is 4.93. The Bertz CT molecular complexity index is 1600. The molecule has 0 amide bonds. The van der Waals surface area contributed by atoms with Gasteiger partial charge in [-0.3, -0.25) is 14.0 Å². The van der Waals surface area contributed by atoms with E-state index < -0.39 is 5.43 Å². The van der Waals surface area contributed by atoms with Crippen molar-refractivity contribution >= 4 is 33.5 Å². The van der Waals surface area contributed by atoms with E-state index in [1.807, 2.05) is 36.4 Å². The van der Waals surface area contributed by atoms with E-state index in [1.54, 1.807) is 24.3 Å². The van der Waals surface area contributed by atoms with Crippen LogP contribution in [0.3, 0.4) is 0 Å². The second-order valence-electron chi connectivity index (χ2n) is 6.74. The molecule has 0 bridgehead atoms. The number of hydrogen-bond donors (Lipinski definition) is 2. The average Bonchev–Trinajstić information content (AvgIpc) is 2.79. The molecular formula is C22H14N6O2. The van der Waals surface area contributed by atoms with Gasteiger partial charge in [0, 0.05) is 6.54 Å². The number of aromatic amines is 1. The van der Waals surface area contributed by atoms with E-state index in [9.17, 15) is 14.9 Å². The van der Waals surface area contributed by atoms with Gasteiger partial charge in [-0.15, -0.1) is 0 Å². The van der Waals surface area contributed by atoms with E-state index >= 15 is 0 Å². The van der Waals surface area contributed by atoms with Crippen molar-refractivity contribution in [2.45, 2.75) is 6.54 Å². The Kier molecular flexibility index (Phi) is 4.00. The number of H-pyrrole nitrogens is 1. The molecule has 2 N–H and O–H groups in total. The number of nitrogens with one attached hydrogen (secondary N) is 2. The Morgan fingerprint density at radius 2 is 1.83 bits per heavy atom. The summed E-state index contributed by atoms with van der Waals surface area (Å²) in [5, 5.41) is 13.1. The monoisotopic (exact) mass is 394 g/mol. The maximum atomic E-state index is 13.1. The summed E-state index contributed by atoms with van der Waals surface area (Å²) >= 11 is 0. The molecule has 0 saturated heterocycles. The van der Waals surface area contributed by atoms with Crippen LogP contribution in [-0.2, 0) is 6.54 Å². The molecule has 0 unspecified atom stereocenters. The van der Waals surface area contributed by atoms with Crippen molar-refractivity contribution in [3.63, 3.8) is 0 Å². The van der Waals surface area contributed by atoms with Crippen LogP contribution in [0.15, 0.2) is 70.4 Å². The molecule has 3 heterocycles. The number of anilines is 1. The van der Waals surface area contributed by atoms with Crippen LogP contribution in [0.2, 0.25) is 0 Å². The highest BCUT2D eigenvalue weighted by Crippen LogP contribution is 2.16. The molecule has 3 aromatic heterocycles. The van der Waals surface area contributed by atoms with Gasteiger partial charge in [0.2, 0.25) is 11.4 Å². The predicted octanol–water partition coefficient (Wildman–Crippen LogP) is 2.57. The molecule has 2 aromatic carbocycles. The van der Waals surface area contributed by atoms with Crippen LogP contribution in [0.5, 0.6) is 0 Å². The lowest BCUT2D eigenvalue weighted by molar-refractivity contribution is 1.05. The van der Waals surface area contributed by atoms with Crippen molar-refractivity contribution in [3.05, 3.63) is 92.5 Å². The molecule has 144 valence electrons. The third kappa shape index (κ3) is 2.69. The number of para-hydroxylation sites is 1. The number of nitriles is 1. The Hall–Kier alpha value is -4.51. The quantitative estimate of drug-likeness (QED) is 0.359. The summed E-state index contributed by atoms with van der Waals surface area (Å²) in [6.45, 7) is 0.470. The van der Waals surface area contributed by atoms with Crippen LogP contribution in [0.1, 0.15) is 11.1 Å². The van der Waals surface area contributed by atoms with Gasteiger partial charge in [-0.2, -0.15) is 5.26 Å². The fourth-order valence-electron chi connectivity index (χ4n) is 3.49. The summed E-state index contributed by atoms with van der Waals surface area (Å²) in [7, 11) is 0. The zero-order valence-electron chi connectivity index (χ0n) is 15.6. The molecule has 5 rings (SSSR count). The smallest absolute Gasteiger partial charge is 0.266 e.